The van der Waals surface area contributed by atoms with Crippen LogP contribution in [-0.2, 0) is 9.59 Å². The van der Waals surface area contributed by atoms with Crippen LogP contribution in [0.3, 0.4) is 0 Å². The molecule has 1 aliphatic heterocycles. The number of rotatable bonds is 6. The Morgan fingerprint density at radius 2 is 2.03 bits per heavy atom. The zero-order valence-corrected chi connectivity index (χ0v) is 20.7. The van der Waals surface area contributed by atoms with Gasteiger partial charge in [0.1, 0.15) is 22.9 Å². The van der Waals surface area contributed by atoms with Crippen LogP contribution in [0, 0.1) is 5.41 Å². The van der Waals surface area contributed by atoms with Gasteiger partial charge >= 0.3 is 0 Å². The molecule has 0 spiro atoms. The van der Waals surface area contributed by atoms with Crippen molar-refractivity contribution >= 4 is 34.1 Å². The summed E-state index contributed by atoms with van der Waals surface area (Å²) in [4.78, 5) is 33.1. The number of hydrogen-bond donors (Lipinski definition) is 2. The number of nitrogens with zero attached hydrogens (tertiary/aromatic N) is 2. The Labute approximate surface area is 198 Å². The molecule has 176 valence electrons. The third kappa shape index (κ3) is 4.68. The van der Waals surface area contributed by atoms with Crippen LogP contribution in [0.2, 0.25) is 0 Å². The van der Waals surface area contributed by atoms with Gasteiger partial charge in [-0.3, -0.25) is 9.59 Å². The van der Waals surface area contributed by atoms with E-state index in [1.807, 2.05) is 55.3 Å². The SMILES string of the molecule is CN[C@@H](C)C(=O)N[C@H](C(=O)N1CCC[C@H]1c1nc(-c2coc3ccccc23)cs1)C(C)(C)C. The Morgan fingerprint density at radius 3 is 2.76 bits per heavy atom. The summed E-state index contributed by atoms with van der Waals surface area (Å²) in [6.45, 7) is 8.40. The summed E-state index contributed by atoms with van der Waals surface area (Å²) in [5.74, 6) is -0.225. The number of likely N-dealkylation sites (tertiary alicyclic amines) is 1. The van der Waals surface area contributed by atoms with E-state index in [0.29, 0.717) is 6.54 Å². The number of nitrogens with one attached hydrogen (secondary N) is 2. The fourth-order valence-electron chi connectivity index (χ4n) is 4.24. The molecule has 7 nitrogen and oxygen atoms in total. The number of carbonyl (C=O) groups is 2. The molecule has 3 aromatic rings. The summed E-state index contributed by atoms with van der Waals surface area (Å²) in [6, 6.07) is 6.84. The van der Waals surface area contributed by atoms with Gasteiger partial charge in [-0.05, 0) is 38.3 Å². The first-order valence-electron chi connectivity index (χ1n) is 11.4. The molecule has 1 fully saturated rings. The number of aromatic nitrogens is 1. The molecule has 2 amide bonds. The fourth-order valence-corrected chi connectivity index (χ4v) is 5.21. The molecular weight excluding hydrogens is 436 g/mol. The van der Waals surface area contributed by atoms with Gasteiger partial charge in [0.25, 0.3) is 0 Å². The average Bonchev–Trinajstić information content (AvgIpc) is 3.53. The van der Waals surface area contributed by atoms with Crippen LogP contribution in [0.25, 0.3) is 22.2 Å². The van der Waals surface area contributed by atoms with Crippen molar-refractivity contribution in [2.75, 3.05) is 13.6 Å². The first kappa shape index (κ1) is 23.4. The van der Waals surface area contributed by atoms with Crippen molar-refractivity contribution in [1.82, 2.24) is 20.5 Å². The summed E-state index contributed by atoms with van der Waals surface area (Å²) in [7, 11) is 1.73. The number of hydrogen-bond acceptors (Lipinski definition) is 6. The summed E-state index contributed by atoms with van der Waals surface area (Å²) >= 11 is 1.57. The fraction of sp³-hybridized carbons (Fsp3) is 0.480. The van der Waals surface area contributed by atoms with E-state index in [1.165, 1.54) is 0 Å². The van der Waals surface area contributed by atoms with Crippen LogP contribution in [0.4, 0.5) is 0 Å². The Hall–Kier alpha value is -2.71. The lowest BCUT2D eigenvalue weighted by atomic mass is 9.85. The van der Waals surface area contributed by atoms with E-state index < -0.39 is 11.5 Å². The summed E-state index contributed by atoms with van der Waals surface area (Å²) in [6.07, 6.45) is 3.52. The maximum atomic E-state index is 13.7. The van der Waals surface area contributed by atoms with Gasteiger partial charge in [0.2, 0.25) is 11.8 Å². The monoisotopic (exact) mass is 468 g/mol. The van der Waals surface area contributed by atoms with Crippen LogP contribution in [-0.4, -0.2) is 47.4 Å². The van der Waals surface area contributed by atoms with Gasteiger partial charge in [0, 0.05) is 22.9 Å². The molecule has 8 heteroatoms. The Morgan fingerprint density at radius 1 is 1.27 bits per heavy atom. The minimum atomic E-state index is -0.612. The molecule has 2 aromatic heterocycles. The van der Waals surface area contributed by atoms with E-state index in [1.54, 1.807) is 31.6 Å². The first-order valence-corrected chi connectivity index (χ1v) is 12.3. The van der Waals surface area contributed by atoms with Crippen molar-refractivity contribution in [3.63, 3.8) is 0 Å². The van der Waals surface area contributed by atoms with Crippen molar-refractivity contribution in [1.29, 1.82) is 0 Å². The molecule has 2 N–H and O–H groups in total. The van der Waals surface area contributed by atoms with Gasteiger partial charge < -0.3 is 20.0 Å². The molecule has 33 heavy (non-hydrogen) atoms. The zero-order chi connectivity index (χ0) is 23.8. The van der Waals surface area contributed by atoms with Crippen molar-refractivity contribution in [3.05, 3.63) is 40.9 Å². The molecule has 4 rings (SSSR count). The average molecular weight is 469 g/mol. The molecule has 3 heterocycles. The van der Waals surface area contributed by atoms with Crippen LogP contribution in [0.15, 0.2) is 40.3 Å². The highest BCUT2D eigenvalue weighted by atomic mass is 32.1. The van der Waals surface area contributed by atoms with E-state index in [-0.39, 0.29) is 23.9 Å². The Bertz CT molecular complexity index is 1150. The van der Waals surface area contributed by atoms with Crippen LogP contribution in [0.5, 0.6) is 0 Å². The highest BCUT2D eigenvalue weighted by Crippen LogP contribution is 2.38. The van der Waals surface area contributed by atoms with Crippen molar-refractivity contribution in [3.8, 4) is 11.3 Å². The number of thiazole rings is 1. The molecule has 0 saturated carbocycles. The van der Waals surface area contributed by atoms with Crippen LogP contribution >= 0.6 is 11.3 Å². The van der Waals surface area contributed by atoms with Crippen molar-refractivity contribution < 1.29 is 14.0 Å². The standard InChI is InChI=1S/C25H32N4O3S/c1-15(26-5)22(30)28-21(25(2,3)4)24(31)29-12-8-10-19(29)23-27-18(14-33-23)17-13-32-20-11-7-6-9-16(17)20/h6-7,9,11,13-15,19,21,26H,8,10,12H2,1-5H3,(H,28,30)/t15-,19-,21+/m0/s1. The molecule has 0 aliphatic carbocycles. The van der Waals surface area contributed by atoms with Gasteiger partial charge in [0.05, 0.1) is 17.8 Å². The predicted molar refractivity (Wildman–Crippen MR) is 131 cm³/mol. The second-order valence-corrected chi connectivity index (χ2v) is 10.6. The van der Waals surface area contributed by atoms with Gasteiger partial charge in [0.15, 0.2) is 0 Å². The molecule has 0 radical (unpaired) electrons. The highest BCUT2D eigenvalue weighted by molar-refractivity contribution is 7.10. The lowest BCUT2D eigenvalue weighted by molar-refractivity contribution is -0.140. The summed E-state index contributed by atoms with van der Waals surface area (Å²) in [5, 5.41) is 9.91. The molecule has 3 atom stereocenters. The van der Waals surface area contributed by atoms with E-state index in [2.05, 4.69) is 10.6 Å². The van der Waals surface area contributed by atoms with E-state index >= 15 is 0 Å². The van der Waals surface area contributed by atoms with E-state index in [4.69, 9.17) is 9.40 Å². The molecule has 0 unspecified atom stereocenters. The largest absolute Gasteiger partial charge is 0.464 e. The van der Waals surface area contributed by atoms with Gasteiger partial charge in [-0.15, -0.1) is 11.3 Å². The minimum Gasteiger partial charge on any atom is -0.464 e. The number of amides is 2. The predicted octanol–water partition coefficient (Wildman–Crippen LogP) is 4.36. The number of para-hydroxylation sites is 1. The van der Waals surface area contributed by atoms with Gasteiger partial charge in [-0.1, -0.05) is 39.0 Å². The lowest BCUT2D eigenvalue weighted by Gasteiger charge is -2.35. The third-order valence-electron chi connectivity index (χ3n) is 6.33. The van der Waals surface area contributed by atoms with E-state index in [9.17, 15) is 9.59 Å². The van der Waals surface area contributed by atoms with Gasteiger partial charge in [-0.25, -0.2) is 4.98 Å². The number of carbonyl (C=O) groups excluding carboxylic acids is 2. The second kappa shape index (κ2) is 9.27. The third-order valence-corrected chi connectivity index (χ3v) is 7.27. The quantitative estimate of drug-likeness (QED) is 0.561. The highest BCUT2D eigenvalue weighted by Gasteiger charge is 2.41. The second-order valence-electron chi connectivity index (χ2n) is 9.72. The molecule has 0 bridgehead atoms. The number of fused-ring (bicyclic) bond motifs is 1. The maximum absolute atomic E-state index is 13.7. The van der Waals surface area contributed by atoms with Gasteiger partial charge in [-0.2, -0.15) is 0 Å². The topological polar surface area (TPSA) is 87.5 Å². The van der Waals surface area contributed by atoms with Crippen LogP contribution < -0.4 is 10.6 Å². The molecule has 1 saturated heterocycles. The molecule has 1 aromatic carbocycles. The lowest BCUT2D eigenvalue weighted by Crippen LogP contribution is -2.57. The summed E-state index contributed by atoms with van der Waals surface area (Å²) < 4.78 is 5.69. The minimum absolute atomic E-state index is 0.0489. The Balaban J connectivity index is 1.58. The summed E-state index contributed by atoms with van der Waals surface area (Å²) in [5.41, 5.74) is 2.24. The normalized spacial score (nSPS) is 18.5. The number of benzene rings is 1. The first-order chi connectivity index (χ1) is 15.7. The Kier molecular flexibility index (Phi) is 6.59. The van der Waals surface area contributed by atoms with Crippen molar-refractivity contribution in [2.24, 2.45) is 5.41 Å². The number of likely N-dealkylation sites (N-methyl/N-ethyl adjacent to an activating group) is 1. The molecular formula is C25H32N4O3S. The number of furan rings is 1. The van der Waals surface area contributed by atoms with E-state index in [0.717, 1.165) is 40.1 Å². The smallest absolute Gasteiger partial charge is 0.246 e. The van der Waals surface area contributed by atoms with Crippen molar-refractivity contribution in [2.45, 2.75) is 58.7 Å². The van der Waals surface area contributed by atoms with Crippen LogP contribution in [0.1, 0.15) is 51.6 Å². The molecule has 1 aliphatic rings. The maximum Gasteiger partial charge on any atom is 0.246 e. The zero-order valence-electron chi connectivity index (χ0n) is 19.8.